The zero-order valence-electron chi connectivity index (χ0n) is 24.4. The van der Waals surface area contributed by atoms with Crippen LogP contribution in [0.1, 0.15) is 103 Å². The fraction of sp³-hybridized carbons (Fsp3) is 0.700. The number of rotatable bonds is 12. The maximum atomic E-state index is 14.4. The molecule has 0 heterocycles. The van der Waals surface area contributed by atoms with Crippen LogP contribution in [-0.4, -0.2) is 47.0 Å². The number of amides is 3. The van der Waals surface area contributed by atoms with E-state index in [4.69, 9.17) is 4.74 Å². The highest BCUT2D eigenvalue weighted by atomic mass is 16.6. The SMILES string of the molecule is CCCCCNC(=O)C(c1c(C)cccc1C)N(C(=O)C(NC(=O)OC(C)(C)C)C(C)CC)C1CC1C. The third-order valence-electron chi connectivity index (χ3n) is 7.25. The molecule has 7 nitrogen and oxygen atoms in total. The highest BCUT2D eigenvalue weighted by Gasteiger charge is 2.49. The van der Waals surface area contributed by atoms with E-state index in [1.165, 1.54) is 0 Å². The van der Waals surface area contributed by atoms with Crippen molar-refractivity contribution in [3.05, 3.63) is 34.9 Å². The molecule has 0 saturated heterocycles. The van der Waals surface area contributed by atoms with Gasteiger partial charge in [0.1, 0.15) is 17.7 Å². The Balaban J connectivity index is 2.52. The van der Waals surface area contributed by atoms with Crippen molar-refractivity contribution in [1.82, 2.24) is 15.5 Å². The van der Waals surface area contributed by atoms with E-state index in [-0.39, 0.29) is 29.7 Å². The third-order valence-corrected chi connectivity index (χ3v) is 7.25. The molecule has 0 spiro atoms. The summed E-state index contributed by atoms with van der Waals surface area (Å²) in [6.07, 6.45) is 3.89. The van der Waals surface area contributed by atoms with E-state index < -0.39 is 23.8 Å². The Morgan fingerprint density at radius 2 is 1.70 bits per heavy atom. The summed E-state index contributed by atoms with van der Waals surface area (Å²) in [5, 5.41) is 5.96. The van der Waals surface area contributed by atoms with Gasteiger partial charge in [0.05, 0.1) is 0 Å². The highest BCUT2D eigenvalue weighted by Crippen LogP contribution is 2.42. The van der Waals surface area contributed by atoms with E-state index in [1.54, 1.807) is 25.7 Å². The molecule has 1 aliphatic carbocycles. The van der Waals surface area contributed by atoms with Gasteiger partial charge in [-0.05, 0) is 76.0 Å². The molecular formula is C30H49N3O4. The van der Waals surface area contributed by atoms with Crippen LogP contribution in [0.15, 0.2) is 18.2 Å². The summed E-state index contributed by atoms with van der Waals surface area (Å²) in [5.74, 6) is -0.252. The topological polar surface area (TPSA) is 87.7 Å². The summed E-state index contributed by atoms with van der Waals surface area (Å²) in [4.78, 5) is 42.8. The molecule has 1 aliphatic rings. The molecule has 0 aromatic heterocycles. The Kier molecular flexibility index (Phi) is 11.0. The van der Waals surface area contributed by atoms with E-state index in [0.717, 1.165) is 42.4 Å². The van der Waals surface area contributed by atoms with Gasteiger partial charge in [0.2, 0.25) is 11.8 Å². The van der Waals surface area contributed by atoms with Gasteiger partial charge < -0.3 is 20.3 Å². The predicted molar refractivity (Wildman–Crippen MR) is 148 cm³/mol. The standard InChI is InChI=1S/C30H49N3O4/c1-10-12-13-17-31-27(34)26(24-20(4)15-14-16-21(24)5)33(23-18-22(23)6)28(35)25(19(3)11-2)32-29(36)37-30(7,8)9/h14-16,19,22-23,25-26H,10-13,17-18H2,1-9H3,(H,31,34)(H,32,36). The monoisotopic (exact) mass is 515 g/mol. The number of carbonyl (C=O) groups is 3. The van der Waals surface area contributed by atoms with Crippen LogP contribution in [0.25, 0.3) is 0 Å². The molecule has 5 atom stereocenters. The second kappa shape index (κ2) is 13.3. The van der Waals surface area contributed by atoms with Gasteiger partial charge >= 0.3 is 6.09 Å². The number of carbonyl (C=O) groups excluding carboxylic acids is 3. The van der Waals surface area contributed by atoms with E-state index >= 15 is 0 Å². The van der Waals surface area contributed by atoms with Crippen molar-refractivity contribution in [2.75, 3.05) is 6.54 Å². The van der Waals surface area contributed by atoms with Gasteiger partial charge in [-0.15, -0.1) is 0 Å². The van der Waals surface area contributed by atoms with Crippen molar-refractivity contribution >= 4 is 17.9 Å². The summed E-state index contributed by atoms with van der Waals surface area (Å²) >= 11 is 0. The molecule has 0 bridgehead atoms. The summed E-state index contributed by atoms with van der Waals surface area (Å²) in [7, 11) is 0. The molecule has 1 fully saturated rings. The molecular weight excluding hydrogens is 466 g/mol. The summed E-state index contributed by atoms with van der Waals surface area (Å²) in [5.41, 5.74) is 2.12. The van der Waals surface area contributed by atoms with Gasteiger partial charge in [-0.3, -0.25) is 9.59 Å². The second-order valence-corrected chi connectivity index (χ2v) is 11.7. The Labute approximate surface area is 224 Å². The van der Waals surface area contributed by atoms with Gasteiger partial charge in [-0.25, -0.2) is 4.79 Å². The predicted octanol–water partition coefficient (Wildman–Crippen LogP) is 5.83. The first kappa shape index (κ1) is 30.7. The molecule has 2 N–H and O–H groups in total. The largest absolute Gasteiger partial charge is 0.444 e. The minimum absolute atomic E-state index is 0.0649. The molecule has 208 valence electrons. The van der Waals surface area contributed by atoms with E-state index in [9.17, 15) is 14.4 Å². The number of unbranched alkanes of at least 4 members (excludes halogenated alkanes) is 2. The van der Waals surface area contributed by atoms with Crippen LogP contribution in [0, 0.1) is 25.7 Å². The van der Waals surface area contributed by atoms with Gasteiger partial charge in [-0.1, -0.05) is 65.2 Å². The van der Waals surface area contributed by atoms with Crippen molar-refractivity contribution in [1.29, 1.82) is 0 Å². The Hall–Kier alpha value is -2.57. The molecule has 2 rings (SSSR count). The fourth-order valence-corrected chi connectivity index (χ4v) is 4.79. The molecule has 1 aromatic rings. The zero-order valence-corrected chi connectivity index (χ0v) is 24.4. The average molecular weight is 516 g/mol. The van der Waals surface area contributed by atoms with Crippen molar-refractivity contribution in [2.45, 2.75) is 118 Å². The van der Waals surface area contributed by atoms with Crippen LogP contribution >= 0.6 is 0 Å². The van der Waals surface area contributed by atoms with Gasteiger partial charge in [0, 0.05) is 12.6 Å². The minimum atomic E-state index is -0.799. The smallest absolute Gasteiger partial charge is 0.408 e. The molecule has 7 heteroatoms. The molecule has 0 aliphatic heterocycles. The number of hydrogen-bond acceptors (Lipinski definition) is 4. The number of nitrogens with zero attached hydrogens (tertiary/aromatic N) is 1. The summed E-state index contributed by atoms with van der Waals surface area (Å²) in [6, 6.07) is 4.32. The van der Waals surface area contributed by atoms with Crippen molar-refractivity contribution in [3.63, 3.8) is 0 Å². The van der Waals surface area contributed by atoms with Gasteiger partial charge in [0.25, 0.3) is 0 Å². The fourth-order valence-electron chi connectivity index (χ4n) is 4.79. The van der Waals surface area contributed by atoms with Crippen molar-refractivity contribution in [2.24, 2.45) is 11.8 Å². The molecule has 1 saturated carbocycles. The van der Waals surface area contributed by atoms with Crippen molar-refractivity contribution < 1.29 is 19.1 Å². The molecule has 37 heavy (non-hydrogen) atoms. The minimum Gasteiger partial charge on any atom is -0.444 e. The quantitative estimate of drug-likeness (QED) is 0.343. The number of nitrogens with one attached hydrogen (secondary N) is 2. The Morgan fingerprint density at radius 1 is 1.11 bits per heavy atom. The number of ether oxygens (including phenoxy) is 1. The average Bonchev–Trinajstić information content (AvgIpc) is 3.53. The molecule has 5 unspecified atom stereocenters. The van der Waals surface area contributed by atoms with Crippen LogP contribution in [0.3, 0.4) is 0 Å². The van der Waals surface area contributed by atoms with Crippen LogP contribution in [0.2, 0.25) is 0 Å². The maximum Gasteiger partial charge on any atom is 0.408 e. The summed E-state index contributed by atoms with van der Waals surface area (Å²) < 4.78 is 5.50. The highest BCUT2D eigenvalue weighted by molar-refractivity contribution is 5.93. The first-order valence-electron chi connectivity index (χ1n) is 14.0. The second-order valence-electron chi connectivity index (χ2n) is 11.7. The first-order valence-corrected chi connectivity index (χ1v) is 14.0. The van der Waals surface area contributed by atoms with Crippen LogP contribution in [0.5, 0.6) is 0 Å². The maximum absolute atomic E-state index is 14.4. The number of alkyl carbamates (subject to hydrolysis) is 1. The number of hydrogen-bond donors (Lipinski definition) is 2. The lowest BCUT2D eigenvalue weighted by atomic mass is 9.91. The Bertz CT molecular complexity index is 919. The third kappa shape index (κ3) is 8.47. The van der Waals surface area contributed by atoms with E-state index in [1.807, 2.05) is 45.9 Å². The normalized spacial score (nSPS) is 19.4. The van der Waals surface area contributed by atoms with Crippen LogP contribution < -0.4 is 10.6 Å². The van der Waals surface area contributed by atoms with Crippen LogP contribution in [-0.2, 0) is 14.3 Å². The van der Waals surface area contributed by atoms with Gasteiger partial charge in [0.15, 0.2) is 0 Å². The Morgan fingerprint density at radius 3 is 2.19 bits per heavy atom. The van der Waals surface area contributed by atoms with Crippen molar-refractivity contribution in [3.8, 4) is 0 Å². The van der Waals surface area contributed by atoms with Crippen LogP contribution in [0.4, 0.5) is 4.79 Å². The van der Waals surface area contributed by atoms with E-state index in [0.29, 0.717) is 13.0 Å². The number of benzene rings is 1. The van der Waals surface area contributed by atoms with Gasteiger partial charge in [-0.2, -0.15) is 0 Å². The number of aryl methyl sites for hydroxylation is 2. The lowest BCUT2D eigenvalue weighted by Gasteiger charge is -2.37. The lowest BCUT2D eigenvalue weighted by Crippen LogP contribution is -2.56. The zero-order chi connectivity index (χ0) is 27.9. The molecule has 3 amide bonds. The van der Waals surface area contributed by atoms with E-state index in [2.05, 4.69) is 24.5 Å². The lowest BCUT2D eigenvalue weighted by molar-refractivity contribution is -0.144. The molecule has 1 aromatic carbocycles. The molecule has 0 radical (unpaired) electrons. The summed E-state index contributed by atoms with van der Waals surface area (Å²) in [6.45, 7) is 18.1. The first-order chi connectivity index (χ1) is 17.3.